The van der Waals surface area contributed by atoms with Gasteiger partial charge in [-0.2, -0.15) is 5.10 Å². The van der Waals surface area contributed by atoms with E-state index in [1.807, 2.05) is 19.1 Å². The van der Waals surface area contributed by atoms with Gasteiger partial charge in [0, 0.05) is 18.0 Å². The summed E-state index contributed by atoms with van der Waals surface area (Å²) in [7, 11) is 0. The van der Waals surface area contributed by atoms with Crippen LogP contribution in [0.4, 0.5) is 0 Å². The van der Waals surface area contributed by atoms with Crippen LogP contribution in [0, 0.1) is 0 Å². The van der Waals surface area contributed by atoms with Crippen LogP contribution < -0.4 is 5.32 Å². The summed E-state index contributed by atoms with van der Waals surface area (Å²) in [4.78, 5) is 20.2. The number of hydrogen-bond donors (Lipinski definition) is 2. The first-order valence-corrected chi connectivity index (χ1v) is 6.41. The lowest BCUT2D eigenvalue weighted by atomic mass is 10.2. The zero-order valence-electron chi connectivity index (χ0n) is 11.3. The molecule has 3 rings (SSSR count). The number of amides is 1. The van der Waals surface area contributed by atoms with Gasteiger partial charge in [-0.1, -0.05) is 0 Å². The SMILES string of the molecule is C[C@H](NC(=O)c1ccco1)c1nc(-c2ccncc2)n[nH]1. The Hall–Kier alpha value is -2.96. The summed E-state index contributed by atoms with van der Waals surface area (Å²) in [6.45, 7) is 1.82. The van der Waals surface area contributed by atoms with Crippen molar-refractivity contribution in [3.05, 3.63) is 54.5 Å². The molecule has 0 saturated heterocycles. The maximum Gasteiger partial charge on any atom is 0.287 e. The van der Waals surface area contributed by atoms with Crippen LogP contribution in [-0.2, 0) is 0 Å². The zero-order valence-corrected chi connectivity index (χ0v) is 11.3. The molecule has 0 unspecified atom stereocenters. The summed E-state index contributed by atoms with van der Waals surface area (Å²) in [5, 5.41) is 9.75. The van der Waals surface area contributed by atoms with Crippen LogP contribution in [0.3, 0.4) is 0 Å². The van der Waals surface area contributed by atoms with Gasteiger partial charge >= 0.3 is 0 Å². The van der Waals surface area contributed by atoms with E-state index in [9.17, 15) is 4.79 Å². The minimum Gasteiger partial charge on any atom is -0.459 e. The Balaban J connectivity index is 1.73. The lowest BCUT2D eigenvalue weighted by Gasteiger charge is -2.09. The van der Waals surface area contributed by atoms with Crippen molar-refractivity contribution in [1.82, 2.24) is 25.5 Å². The van der Waals surface area contributed by atoms with E-state index in [1.165, 1.54) is 6.26 Å². The molecule has 0 aromatic carbocycles. The molecule has 0 aliphatic rings. The van der Waals surface area contributed by atoms with E-state index in [0.717, 1.165) is 5.56 Å². The molecule has 1 atom stereocenters. The average Bonchev–Trinajstić information content (AvgIpc) is 3.20. The molecule has 7 heteroatoms. The van der Waals surface area contributed by atoms with Gasteiger partial charge in [0.15, 0.2) is 11.6 Å². The number of nitrogens with zero attached hydrogens (tertiary/aromatic N) is 3. The van der Waals surface area contributed by atoms with Gasteiger partial charge in [0.25, 0.3) is 5.91 Å². The van der Waals surface area contributed by atoms with Crippen molar-refractivity contribution in [2.24, 2.45) is 0 Å². The standard InChI is InChI=1S/C14H13N5O2/c1-9(16-14(20)11-3-2-8-21-11)12-17-13(19-18-12)10-4-6-15-7-5-10/h2-9H,1H3,(H,16,20)(H,17,18,19)/t9-/m0/s1. The van der Waals surface area contributed by atoms with Crippen LogP contribution >= 0.6 is 0 Å². The monoisotopic (exact) mass is 283 g/mol. The van der Waals surface area contributed by atoms with Gasteiger partial charge in [-0.05, 0) is 31.2 Å². The fourth-order valence-corrected chi connectivity index (χ4v) is 1.84. The Morgan fingerprint density at radius 2 is 2.14 bits per heavy atom. The quantitative estimate of drug-likeness (QED) is 0.762. The van der Waals surface area contributed by atoms with Crippen molar-refractivity contribution in [3.63, 3.8) is 0 Å². The second-order valence-corrected chi connectivity index (χ2v) is 4.45. The van der Waals surface area contributed by atoms with Gasteiger partial charge in [0.05, 0.1) is 12.3 Å². The number of aromatic nitrogens is 4. The van der Waals surface area contributed by atoms with Crippen molar-refractivity contribution in [3.8, 4) is 11.4 Å². The van der Waals surface area contributed by atoms with Crippen LogP contribution in [-0.4, -0.2) is 26.1 Å². The highest BCUT2D eigenvalue weighted by Crippen LogP contribution is 2.16. The average molecular weight is 283 g/mol. The van der Waals surface area contributed by atoms with E-state index in [4.69, 9.17) is 4.42 Å². The third kappa shape index (κ3) is 2.81. The van der Waals surface area contributed by atoms with Gasteiger partial charge in [-0.25, -0.2) is 4.98 Å². The highest BCUT2D eigenvalue weighted by molar-refractivity contribution is 5.91. The molecular formula is C14H13N5O2. The molecule has 106 valence electrons. The molecule has 0 radical (unpaired) electrons. The van der Waals surface area contributed by atoms with E-state index in [0.29, 0.717) is 11.6 Å². The number of nitrogens with one attached hydrogen (secondary N) is 2. The minimum atomic E-state index is -0.314. The Bertz CT molecular complexity index is 721. The lowest BCUT2D eigenvalue weighted by molar-refractivity contribution is 0.0910. The summed E-state index contributed by atoms with van der Waals surface area (Å²) in [6.07, 6.45) is 4.80. The number of hydrogen-bond acceptors (Lipinski definition) is 5. The Morgan fingerprint density at radius 1 is 1.33 bits per heavy atom. The number of carbonyl (C=O) groups is 1. The molecule has 7 nitrogen and oxygen atoms in total. The summed E-state index contributed by atoms with van der Waals surface area (Å²) in [5.74, 6) is 1.10. The van der Waals surface area contributed by atoms with Crippen LogP contribution in [0.15, 0.2) is 47.3 Å². The Labute approximate surface area is 120 Å². The number of pyridine rings is 1. The predicted octanol–water partition coefficient (Wildman–Crippen LogP) is 1.95. The van der Waals surface area contributed by atoms with E-state index in [-0.39, 0.29) is 17.7 Å². The minimum absolute atomic E-state index is 0.260. The van der Waals surface area contributed by atoms with Crippen molar-refractivity contribution in [2.75, 3.05) is 0 Å². The summed E-state index contributed by atoms with van der Waals surface area (Å²) in [5.41, 5.74) is 0.858. The summed E-state index contributed by atoms with van der Waals surface area (Å²) in [6, 6.07) is 6.59. The molecule has 0 fully saturated rings. The van der Waals surface area contributed by atoms with Gasteiger partial charge in [-0.15, -0.1) is 0 Å². The molecular weight excluding hydrogens is 270 g/mol. The highest BCUT2D eigenvalue weighted by Gasteiger charge is 2.17. The van der Waals surface area contributed by atoms with Gasteiger partial charge in [0.1, 0.15) is 5.82 Å². The summed E-state index contributed by atoms with van der Waals surface area (Å²) < 4.78 is 5.04. The molecule has 1 amide bonds. The molecule has 0 aliphatic carbocycles. The third-order valence-electron chi connectivity index (χ3n) is 2.94. The fourth-order valence-electron chi connectivity index (χ4n) is 1.84. The second-order valence-electron chi connectivity index (χ2n) is 4.45. The summed E-state index contributed by atoms with van der Waals surface area (Å²) >= 11 is 0. The van der Waals surface area contributed by atoms with Gasteiger partial charge in [0.2, 0.25) is 0 Å². The first-order chi connectivity index (χ1) is 10.2. The van der Waals surface area contributed by atoms with E-state index >= 15 is 0 Å². The smallest absolute Gasteiger partial charge is 0.287 e. The van der Waals surface area contributed by atoms with Crippen LogP contribution in [0.1, 0.15) is 29.3 Å². The first-order valence-electron chi connectivity index (χ1n) is 6.41. The number of H-pyrrole nitrogens is 1. The number of carbonyl (C=O) groups excluding carboxylic acids is 1. The molecule has 2 N–H and O–H groups in total. The number of aromatic amines is 1. The molecule has 3 aromatic rings. The van der Waals surface area contributed by atoms with Crippen molar-refractivity contribution < 1.29 is 9.21 Å². The highest BCUT2D eigenvalue weighted by atomic mass is 16.3. The second kappa shape index (κ2) is 5.58. The molecule has 0 aliphatic heterocycles. The molecule has 0 bridgehead atoms. The first kappa shape index (κ1) is 13.0. The molecule has 3 aromatic heterocycles. The van der Waals surface area contributed by atoms with Crippen molar-refractivity contribution in [2.45, 2.75) is 13.0 Å². The normalized spacial score (nSPS) is 12.0. The molecule has 0 spiro atoms. The maximum absolute atomic E-state index is 11.9. The fraction of sp³-hybridized carbons (Fsp3) is 0.143. The lowest BCUT2D eigenvalue weighted by Crippen LogP contribution is -2.27. The Kier molecular flexibility index (Phi) is 3.46. The van der Waals surface area contributed by atoms with E-state index in [2.05, 4.69) is 25.5 Å². The van der Waals surface area contributed by atoms with Gasteiger partial charge in [-0.3, -0.25) is 14.9 Å². The van der Waals surface area contributed by atoms with E-state index < -0.39 is 0 Å². The van der Waals surface area contributed by atoms with Crippen LogP contribution in [0.25, 0.3) is 11.4 Å². The Morgan fingerprint density at radius 3 is 2.86 bits per heavy atom. The van der Waals surface area contributed by atoms with Gasteiger partial charge < -0.3 is 9.73 Å². The van der Waals surface area contributed by atoms with Crippen molar-refractivity contribution in [1.29, 1.82) is 0 Å². The topological polar surface area (TPSA) is 96.7 Å². The van der Waals surface area contributed by atoms with Crippen molar-refractivity contribution >= 4 is 5.91 Å². The third-order valence-corrected chi connectivity index (χ3v) is 2.94. The van der Waals surface area contributed by atoms with Crippen LogP contribution in [0.2, 0.25) is 0 Å². The molecule has 21 heavy (non-hydrogen) atoms. The van der Waals surface area contributed by atoms with Crippen LogP contribution in [0.5, 0.6) is 0 Å². The maximum atomic E-state index is 11.9. The largest absolute Gasteiger partial charge is 0.459 e. The van der Waals surface area contributed by atoms with E-state index in [1.54, 1.807) is 24.5 Å². The molecule has 0 saturated carbocycles. The molecule has 3 heterocycles. The zero-order chi connectivity index (χ0) is 14.7. The predicted molar refractivity (Wildman–Crippen MR) is 74.2 cm³/mol. The number of rotatable bonds is 4. The number of furan rings is 1.